The van der Waals surface area contributed by atoms with Crippen LogP contribution < -0.4 is 5.32 Å². The van der Waals surface area contributed by atoms with E-state index in [1.54, 1.807) is 6.92 Å². The van der Waals surface area contributed by atoms with Crippen molar-refractivity contribution in [2.24, 2.45) is 0 Å². The molecule has 0 aromatic carbocycles. The zero-order valence-electron chi connectivity index (χ0n) is 10.3. The third kappa shape index (κ3) is 4.37. The highest BCUT2D eigenvalue weighted by Crippen LogP contribution is 2.17. The molecular formula is C11H21NO4. The lowest BCUT2D eigenvalue weighted by Crippen LogP contribution is -2.39. The minimum absolute atomic E-state index is 0.0746. The molecule has 3 atom stereocenters. The number of alkyl carbamates (subject to hydrolysis) is 1. The van der Waals surface area contributed by atoms with Crippen molar-refractivity contribution in [3.05, 3.63) is 0 Å². The van der Waals surface area contributed by atoms with Crippen molar-refractivity contribution < 1.29 is 19.4 Å². The second kappa shape index (κ2) is 5.01. The van der Waals surface area contributed by atoms with Gasteiger partial charge in [0.15, 0.2) is 0 Å². The largest absolute Gasteiger partial charge is 0.444 e. The number of hydrogen-bond acceptors (Lipinski definition) is 4. The second-order valence-electron chi connectivity index (χ2n) is 5.19. The fraction of sp³-hybridized carbons (Fsp3) is 0.909. The molecule has 0 spiro atoms. The Bertz CT molecular complexity index is 247. The molecule has 2 N–H and O–H groups in total. The van der Waals surface area contributed by atoms with E-state index >= 15 is 0 Å². The summed E-state index contributed by atoms with van der Waals surface area (Å²) >= 11 is 0. The molecule has 1 amide bonds. The Balaban J connectivity index is 2.32. The van der Waals surface area contributed by atoms with Crippen LogP contribution in [-0.4, -0.2) is 41.7 Å². The molecule has 0 bridgehead atoms. The number of rotatable bonds is 2. The first kappa shape index (κ1) is 13.3. The van der Waals surface area contributed by atoms with Crippen LogP contribution >= 0.6 is 0 Å². The highest BCUT2D eigenvalue weighted by molar-refractivity contribution is 5.68. The standard InChI is InChI=1S/C11H21NO4/c1-7(13)9-5-8(6-15-9)12-10(14)16-11(2,3)4/h7-9,13H,5-6H2,1-4H3,(H,12,14)/t7?,8-,9-/m0/s1. The smallest absolute Gasteiger partial charge is 0.407 e. The van der Waals surface area contributed by atoms with Gasteiger partial charge in [-0.3, -0.25) is 0 Å². The lowest BCUT2D eigenvalue weighted by molar-refractivity contribution is 0.00797. The van der Waals surface area contributed by atoms with Gasteiger partial charge in [0.25, 0.3) is 0 Å². The molecule has 1 saturated heterocycles. The summed E-state index contributed by atoms with van der Waals surface area (Å²) < 4.78 is 10.5. The van der Waals surface area contributed by atoms with Crippen LogP contribution in [0.3, 0.4) is 0 Å². The number of nitrogens with one attached hydrogen (secondary N) is 1. The minimum Gasteiger partial charge on any atom is -0.444 e. The van der Waals surface area contributed by atoms with Crippen molar-refractivity contribution in [3.8, 4) is 0 Å². The number of hydrogen-bond donors (Lipinski definition) is 2. The number of carbonyl (C=O) groups is 1. The Morgan fingerprint density at radius 3 is 2.62 bits per heavy atom. The van der Waals surface area contributed by atoms with E-state index in [1.165, 1.54) is 0 Å². The van der Waals surface area contributed by atoms with Crippen LogP contribution in [0.1, 0.15) is 34.1 Å². The molecule has 16 heavy (non-hydrogen) atoms. The molecule has 0 radical (unpaired) electrons. The number of carbonyl (C=O) groups excluding carboxylic acids is 1. The van der Waals surface area contributed by atoms with Gasteiger partial charge in [0.1, 0.15) is 5.60 Å². The summed E-state index contributed by atoms with van der Waals surface area (Å²) in [6, 6.07) is -0.0746. The van der Waals surface area contributed by atoms with Gasteiger partial charge in [-0.25, -0.2) is 4.79 Å². The summed E-state index contributed by atoms with van der Waals surface area (Å²) in [5, 5.41) is 12.0. The first-order valence-electron chi connectivity index (χ1n) is 5.57. The molecule has 5 heteroatoms. The summed E-state index contributed by atoms with van der Waals surface area (Å²) in [5.41, 5.74) is -0.493. The van der Waals surface area contributed by atoms with E-state index in [9.17, 15) is 9.90 Å². The van der Waals surface area contributed by atoms with Crippen LogP contribution in [-0.2, 0) is 9.47 Å². The predicted octanol–water partition coefficient (Wildman–Crippen LogP) is 1.05. The Morgan fingerprint density at radius 2 is 2.19 bits per heavy atom. The average Bonchev–Trinajstić information content (AvgIpc) is 2.48. The maximum absolute atomic E-state index is 11.4. The van der Waals surface area contributed by atoms with Crippen LogP contribution in [0.15, 0.2) is 0 Å². The topological polar surface area (TPSA) is 67.8 Å². The van der Waals surface area contributed by atoms with Gasteiger partial charge >= 0.3 is 6.09 Å². The minimum atomic E-state index is -0.509. The van der Waals surface area contributed by atoms with Crippen LogP contribution in [0.2, 0.25) is 0 Å². The van der Waals surface area contributed by atoms with Gasteiger partial charge in [0, 0.05) is 0 Å². The van der Waals surface area contributed by atoms with E-state index < -0.39 is 17.8 Å². The second-order valence-corrected chi connectivity index (χ2v) is 5.19. The normalized spacial score (nSPS) is 27.6. The van der Waals surface area contributed by atoms with Gasteiger partial charge in [0.2, 0.25) is 0 Å². The fourth-order valence-electron chi connectivity index (χ4n) is 1.57. The summed E-state index contributed by atoms with van der Waals surface area (Å²) in [7, 11) is 0. The Morgan fingerprint density at radius 1 is 1.56 bits per heavy atom. The molecule has 0 aromatic rings. The number of amides is 1. The zero-order valence-corrected chi connectivity index (χ0v) is 10.3. The maximum Gasteiger partial charge on any atom is 0.407 e. The van der Waals surface area contributed by atoms with Crippen LogP contribution in [0, 0.1) is 0 Å². The molecule has 0 saturated carbocycles. The summed E-state index contributed by atoms with van der Waals surface area (Å²) in [4.78, 5) is 11.4. The molecule has 5 nitrogen and oxygen atoms in total. The molecular weight excluding hydrogens is 210 g/mol. The van der Waals surface area contributed by atoms with Crippen LogP contribution in [0.5, 0.6) is 0 Å². The first-order valence-corrected chi connectivity index (χ1v) is 5.57. The highest BCUT2D eigenvalue weighted by Gasteiger charge is 2.30. The average molecular weight is 231 g/mol. The van der Waals surface area contributed by atoms with Gasteiger partial charge in [-0.05, 0) is 34.1 Å². The monoisotopic (exact) mass is 231 g/mol. The summed E-state index contributed by atoms with van der Waals surface area (Å²) in [6.07, 6.45) is -0.519. The van der Waals surface area contributed by atoms with E-state index in [2.05, 4.69) is 5.32 Å². The number of ether oxygens (including phenoxy) is 2. The lowest BCUT2D eigenvalue weighted by Gasteiger charge is -2.21. The van der Waals surface area contributed by atoms with Gasteiger partial charge in [-0.2, -0.15) is 0 Å². The highest BCUT2D eigenvalue weighted by atomic mass is 16.6. The van der Waals surface area contributed by atoms with Crippen LogP contribution in [0.25, 0.3) is 0 Å². The van der Waals surface area contributed by atoms with Crippen molar-refractivity contribution in [2.45, 2.75) is 58.0 Å². The molecule has 1 unspecified atom stereocenters. The Labute approximate surface area is 96.1 Å². The SMILES string of the molecule is CC(O)[C@@H]1C[C@H](NC(=O)OC(C)(C)C)CO1. The van der Waals surface area contributed by atoms with Gasteiger partial charge in [-0.15, -0.1) is 0 Å². The van der Waals surface area contributed by atoms with E-state index in [-0.39, 0.29) is 12.1 Å². The van der Waals surface area contributed by atoms with Crippen molar-refractivity contribution >= 4 is 6.09 Å². The third-order valence-electron chi connectivity index (χ3n) is 2.29. The fourth-order valence-corrected chi connectivity index (χ4v) is 1.57. The Hall–Kier alpha value is -0.810. The molecule has 0 aliphatic carbocycles. The molecule has 1 fully saturated rings. The van der Waals surface area contributed by atoms with E-state index in [0.717, 1.165) is 0 Å². The summed E-state index contributed by atoms with van der Waals surface area (Å²) in [5.74, 6) is 0. The zero-order chi connectivity index (χ0) is 12.3. The van der Waals surface area contributed by atoms with Crippen molar-refractivity contribution in [3.63, 3.8) is 0 Å². The van der Waals surface area contributed by atoms with Crippen molar-refractivity contribution in [1.29, 1.82) is 0 Å². The Kier molecular flexibility index (Phi) is 4.15. The van der Waals surface area contributed by atoms with Crippen molar-refractivity contribution in [1.82, 2.24) is 5.32 Å². The number of aliphatic hydroxyl groups excluding tert-OH is 1. The van der Waals surface area contributed by atoms with E-state index in [0.29, 0.717) is 13.0 Å². The molecule has 94 valence electrons. The van der Waals surface area contributed by atoms with Gasteiger partial charge in [-0.1, -0.05) is 0 Å². The first-order chi connectivity index (χ1) is 7.28. The van der Waals surface area contributed by atoms with Crippen molar-refractivity contribution in [2.75, 3.05) is 6.61 Å². The quantitative estimate of drug-likeness (QED) is 0.745. The van der Waals surface area contributed by atoms with E-state index in [4.69, 9.17) is 9.47 Å². The van der Waals surface area contributed by atoms with Gasteiger partial charge in [0.05, 0.1) is 24.9 Å². The lowest BCUT2D eigenvalue weighted by atomic mass is 10.1. The molecule has 1 heterocycles. The predicted molar refractivity (Wildman–Crippen MR) is 59.2 cm³/mol. The third-order valence-corrected chi connectivity index (χ3v) is 2.29. The maximum atomic E-state index is 11.4. The number of aliphatic hydroxyl groups is 1. The molecule has 0 aromatic heterocycles. The molecule has 1 aliphatic heterocycles. The van der Waals surface area contributed by atoms with E-state index in [1.807, 2.05) is 20.8 Å². The molecule has 1 rings (SSSR count). The van der Waals surface area contributed by atoms with Crippen LogP contribution in [0.4, 0.5) is 4.79 Å². The van der Waals surface area contributed by atoms with Gasteiger partial charge < -0.3 is 19.9 Å². The summed E-state index contributed by atoms with van der Waals surface area (Å²) in [6.45, 7) is 7.55. The molecule has 1 aliphatic rings.